The van der Waals surface area contributed by atoms with Crippen LogP contribution in [-0.4, -0.2) is 18.1 Å². The first kappa shape index (κ1) is 15.9. The van der Waals surface area contributed by atoms with Crippen LogP contribution in [0.1, 0.15) is 37.8 Å². The van der Waals surface area contributed by atoms with Gasteiger partial charge in [-0.3, -0.25) is 4.79 Å². The van der Waals surface area contributed by atoms with Crippen LogP contribution in [0.15, 0.2) is 23.8 Å². The lowest BCUT2D eigenvalue weighted by Crippen LogP contribution is -2.46. The molecular weight excluding hydrogens is 305 g/mol. The lowest BCUT2D eigenvalue weighted by molar-refractivity contribution is -0.174. The molecule has 3 N–H and O–H groups in total. The van der Waals surface area contributed by atoms with E-state index in [0.717, 1.165) is 28.7 Å². The van der Waals surface area contributed by atoms with E-state index in [9.17, 15) is 18.0 Å². The maximum atomic E-state index is 12.6. The van der Waals surface area contributed by atoms with Gasteiger partial charge in [0.05, 0.1) is 6.04 Å². The summed E-state index contributed by atoms with van der Waals surface area (Å²) in [6.45, 7) is 4.19. The summed E-state index contributed by atoms with van der Waals surface area (Å²) < 4.78 is 37.7. The fourth-order valence-corrected chi connectivity index (χ4v) is 3.77. The summed E-state index contributed by atoms with van der Waals surface area (Å²) in [5.41, 5.74) is 10.4. The van der Waals surface area contributed by atoms with E-state index in [1.807, 2.05) is 18.2 Å². The van der Waals surface area contributed by atoms with E-state index in [4.69, 9.17) is 5.73 Å². The van der Waals surface area contributed by atoms with Crippen molar-refractivity contribution in [3.63, 3.8) is 0 Å². The largest absolute Gasteiger partial charge is 0.471 e. The highest BCUT2D eigenvalue weighted by Crippen LogP contribution is 2.51. The maximum absolute atomic E-state index is 12.6. The molecule has 0 radical (unpaired) electrons. The van der Waals surface area contributed by atoms with Crippen LogP contribution in [0, 0.1) is 5.41 Å². The van der Waals surface area contributed by atoms with Crippen molar-refractivity contribution in [1.29, 1.82) is 0 Å². The topological polar surface area (TPSA) is 55.1 Å². The fraction of sp³-hybridized carbons (Fsp3) is 0.471. The van der Waals surface area contributed by atoms with Gasteiger partial charge in [0.15, 0.2) is 0 Å². The normalized spacial score (nSPS) is 22.6. The molecule has 23 heavy (non-hydrogen) atoms. The van der Waals surface area contributed by atoms with Crippen LogP contribution in [0.4, 0.5) is 18.9 Å². The van der Waals surface area contributed by atoms with Gasteiger partial charge in [-0.2, -0.15) is 13.2 Å². The van der Waals surface area contributed by atoms with E-state index in [0.29, 0.717) is 18.5 Å². The zero-order chi connectivity index (χ0) is 17.0. The summed E-state index contributed by atoms with van der Waals surface area (Å²) in [4.78, 5) is 11.3. The SMILES string of the molecule is CC1(C)CCC(NC(=O)C(F)(F)F)C2=C1c1ccc(N)cc1C2. The summed E-state index contributed by atoms with van der Waals surface area (Å²) in [5, 5.41) is 2.16. The number of nitrogens with one attached hydrogen (secondary N) is 1. The highest BCUT2D eigenvalue weighted by molar-refractivity contribution is 5.86. The number of anilines is 1. The average molecular weight is 324 g/mol. The third-order valence-corrected chi connectivity index (χ3v) is 4.82. The number of carbonyl (C=O) groups is 1. The standard InChI is InChI=1S/C17H19F3N2O/c1-16(2)6-5-13(22-15(23)17(18,19)20)12-8-9-7-10(21)3-4-11(9)14(12)16/h3-4,7,13H,5-6,8,21H2,1-2H3,(H,22,23). The molecule has 1 atom stereocenters. The molecule has 0 saturated heterocycles. The Morgan fingerprint density at radius 1 is 1.35 bits per heavy atom. The van der Waals surface area contributed by atoms with Crippen molar-refractivity contribution >= 4 is 17.2 Å². The molecule has 2 aliphatic rings. The lowest BCUT2D eigenvalue weighted by atomic mass is 9.70. The smallest absolute Gasteiger partial charge is 0.399 e. The van der Waals surface area contributed by atoms with Gasteiger partial charge < -0.3 is 11.1 Å². The third-order valence-electron chi connectivity index (χ3n) is 4.82. The molecule has 0 aromatic heterocycles. The van der Waals surface area contributed by atoms with Gasteiger partial charge in [0, 0.05) is 5.69 Å². The van der Waals surface area contributed by atoms with Crippen LogP contribution in [0.25, 0.3) is 5.57 Å². The third kappa shape index (κ3) is 2.71. The number of rotatable bonds is 1. The molecule has 1 amide bonds. The summed E-state index contributed by atoms with van der Waals surface area (Å²) >= 11 is 0. The summed E-state index contributed by atoms with van der Waals surface area (Å²) in [5.74, 6) is -1.87. The fourth-order valence-electron chi connectivity index (χ4n) is 3.77. The zero-order valence-electron chi connectivity index (χ0n) is 13.1. The number of hydrogen-bond donors (Lipinski definition) is 2. The first-order valence-electron chi connectivity index (χ1n) is 7.59. The van der Waals surface area contributed by atoms with E-state index in [2.05, 4.69) is 19.2 Å². The molecule has 124 valence electrons. The van der Waals surface area contributed by atoms with Crippen LogP contribution in [0.3, 0.4) is 0 Å². The highest BCUT2D eigenvalue weighted by atomic mass is 19.4. The number of alkyl halides is 3. The van der Waals surface area contributed by atoms with Crippen molar-refractivity contribution in [2.45, 2.75) is 45.3 Å². The number of fused-ring (bicyclic) bond motifs is 2. The molecule has 0 saturated carbocycles. The molecule has 2 aliphatic carbocycles. The number of nitrogens with two attached hydrogens (primary N) is 1. The lowest BCUT2D eigenvalue weighted by Gasteiger charge is -2.37. The van der Waals surface area contributed by atoms with Crippen molar-refractivity contribution in [2.75, 3.05) is 5.73 Å². The van der Waals surface area contributed by atoms with Crippen LogP contribution >= 0.6 is 0 Å². The average Bonchev–Trinajstić information content (AvgIpc) is 2.80. The van der Waals surface area contributed by atoms with E-state index in [-0.39, 0.29) is 5.41 Å². The van der Waals surface area contributed by atoms with Crippen LogP contribution in [0.2, 0.25) is 0 Å². The first-order chi connectivity index (χ1) is 10.6. The van der Waals surface area contributed by atoms with E-state index in [1.54, 1.807) is 0 Å². The Morgan fingerprint density at radius 2 is 2.04 bits per heavy atom. The minimum absolute atomic E-state index is 0.129. The van der Waals surface area contributed by atoms with E-state index < -0.39 is 18.1 Å². The number of carbonyl (C=O) groups excluding carboxylic acids is 1. The second-order valence-corrected chi connectivity index (χ2v) is 6.94. The van der Waals surface area contributed by atoms with E-state index >= 15 is 0 Å². The molecule has 0 aliphatic heterocycles. The molecule has 1 aromatic carbocycles. The zero-order valence-corrected chi connectivity index (χ0v) is 13.1. The Hall–Kier alpha value is -1.98. The van der Waals surface area contributed by atoms with E-state index in [1.165, 1.54) is 0 Å². The minimum Gasteiger partial charge on any atom is -0.399 e. The minimum atomic E-state index is -4.86. The molecule has 3 nitrogen and oxygen atoms in total. The Bertz CT molecular complexity index is 704. The highest BCUT2D eigenvalue weighted by Gasteiger charge is 2.44. The molecule has 3 rings (SSSR count). The Balaban J connectivity index is 1.99. The van der Waals surface area contributed by atoms with Crippen molar-refractivity contribution < 1.29 is 18.0 Å². The van der Waals surface area contributed by atoms with Gasteiger partial charge >= 0.3 is 12.1 Å². The van der Waals surface area contributed by atoms with Gasteiger partial charge in [0.2, 0.25) is 0 Å². The van der Waals surface area contributed by atoms with Crippen molar-refractivity contribution in [2.24, 2.45) is 5.41 Å². The molecule has 0 bridgehead atoms. The monoisotopic (exact) mass is 324 g/mol. The van der Waals surface area contributed by atoms with Gasteiger partial charge in [0.1, 0.15) is 0 Å². The van der Waals surface area contributed by atoms with Gasteiger partial charge in [-0.05, 0) is 59.1 Å². The van der Waals surface area contributed by atoms with Gasteiger partial charge in [0.25, 0.3) is 0 Å². The second kappa shape index (κ2) is 5.01. The van der Waals surface area contributed by atoms with Crippen molar-refractivity contribution in [1.82, 2.24) is 5.32 Å². The Labute approximate surface area is 132 Å². The summed E-state index contributed by atoms with van der Waals surface area (Å²) in [6, 6.07) is 5.04. The van der Waals surface area contributed by atoms with Gasteiger partial charge in [-0.1, -0.05) is 19.9 Å². The molecule has 0 heterocycles. The van der Waals surface area contributed by atoms with Crippen LogP contribution in [-0.2, 0) is 11.2 Å². The van der Waals surface area contributed by atoms with Gasteiger partial charge in [-0.25, -0.2) is 0 Å². The predicted octanol–water partition coefficient (Wildman–Crippen LogP) is 3.45. The number of amides is 1. The van der Waals surface area contributed by atoms with Crippen molar-refractivity contribution in [3.8, 4) is 0 Å². The first-order valence-corrected chi connectivity index (χ1v) is 7.59. The number of allylic oxidation sites excluding steroid dienone is 1. The van der Waals surface area contributed by atoms with Crippen LogP contribution in [0.5, 0.6) is 0 Å². The predicted molar refractivity (Wildman–Crippen MR) is 82.5 cm³/mol. The summed E-state index contributed by atoms with van der Waals surface area (Å²) in [7, 11) is 0. The molecule has 1 aromatic rings. The Morgan fingerprint density at radius 3 is 2.70 bits per heavy atom. The number of halogens is 3. The number of nitrogen functional groups attached to an aromatic ring is 1. The molecule has 6 heteroatoms. The van der Waals surface area contributed by atoms with Crippen LogP contribution < -0.4 is 11.1 Å². The second-order valence-electron chi connectivity index (χ2n) is 6.94. The molecule has 0 fully saturated rings. The van der Waals surface area contributed by atoms with Crippen molar-refractivity contribution in [3.05, 3.63) is 34.9 Å². The quantitative estimate of drug-likeness (QED) is 0.778. The molecule has 1 unspecified atom stereocenters. The molecule has 0 spiro atoms. The number of benzene rings is 1. The Kier molecular flexibility index (Phi) is 3.46. The summed E-state index contributed by atoms with van der Waals surface area (Å²) in [6.07, 6.45) is -3.08. The van der Waals surface area contributed by atoms with Gasteiger partial charge in [-0.15, -0.1) is 0 Å². The molecular formula is C17H19F3N2O. The maximum Gasteiger partial charge on any atom is 0.471 e. The number of hydrogen-bond acceptors (Lipinski definition) is 2.